The van der Waals surface area contributed by atoms with Gasteiger partial charge in [-0.25, -0.2) is 4.98 Å². The summed E-state index contributed by atoms with van der Waals surface area (Å²) in [5, 5.41) is 6.79. The maximum Gasteiger partial charge on any atom is 0.422 e. The van der Waals surface area contributed by atoms with Crippen molar-refractivity contribution in [2.75, 3.05) is 68.7 Å². The van der Waals surface area contributed by atoms with Gasteiger partial charge in [0.25, 0.3) is 0 Å². The summed E-state index contributed by atoms with van der Waals surface area (Å²) < 4.78 is 56.7. The molecule has 1 saturated heterocycles. The van der Waals surface area contributed by atoms with Crippen LogP contribution in [0.5, 0.6) is 5.88 Å². The van der Waals surface area contributed by atoms with Crippen LogP contribution in [0.25, 0.3) is 0 Å². The summed E-state index contributed by atoms with van der Waals surface area (Å²) in [4.78, 5) is 17.0. The summed E-state index contributed by atoms with van der Waals surface area (Å²) in [7, 11) is -0.604. The number of alkyl halides is 3. The number of aromatic nitrogens is 3. The van der Waals surface area contributed by atoms with Crippen LogP contribution in [0.3, 0.4) is 0 Å². The van der Waals surface area contributed by atoms with E-state index in [9.17, 15) is 17.7 Å². The van der Waals surface area contributed by atoms with Gasteiger partial charge in [-0.2, -0.15) is 23.1 Å². The van der Waals surface area contributed by atoms with E-state index in [1.165, 1.54) is 6.20 Å². The highest BCUT2D eigenvalue weighted by Gasteiger charge is 2.30. The standard InChI is InChI=1S/C24H28ClF3N7O2P/c1-34-10-12-35(13-11-34)20-9-8-18(22(32-20)37-15-24(26,27)28)31-23-29-14-16(25)21(33-23)30-17-6-4-5-7-19(17)38(2,3)36/h4-9,14H,10-13,15H2,1-3H3,(H2,29,30,31,33). The quantitative estimate of drug-likeness (QED) is 0.365. The van der Waals surface area contributed by atoms with Gasteiger partial charge < -0.3 is 29.7 Å². The molecule has 4 rings (SSSR count). The molecule has 204 valence electrons. The zero-order valence-electron chi connectivity index (χ0n) is 21.1. The van der Waals surface area contributed by atoms with Crippen LogP contribution >= 0.6 is 18.7 Å². The molecule has 14 heteroatoms. The van der Waals surface area contributed by atoms with Gasteiger partial charge >= 0.3 is 6.18 Å². The molecule has 0 spiro atoms. The maximum absolute atomic E-state index is 13.0. The molecule has 0 bridgehead atoms. The fraction of sp³-hybridized carbons (Fsp3) is 0.375. The van der Waals surface area contributed by atoms with Crippen LogP contribution in [-0.2, 0) is 4.57 Å². The van der Waals surface area contributed by atoms with E-state index in [4.69, 9.17) is 16.3 Å². The second-order valence-electron chi connectivity index (χ2n) is 9.22. The van der Waals surface area contributed by atoms with Crippen molar-refractivity contribution in [3.8, 4) is 5.88 Å². The Morgan fingerprint density at radius 1 is 1.03 bits per heavy atom. The van der Waals surface area contributed by atoms with Crippen LogP contribution in [0.1, 0.15) is 0 Å². The monoisotopic (exact) mass is 569 g/mol. The van der Waals surface area contributed by atoms with Crippen LogP contribution in [0.15, 0.2) is 42.6 Å². The van der Waals surface area contributed by atoms with Crippen molar-refractivity contribution in [2.24, 2.45) is 0 Å². The molecule has 0 aliphatic carbocycles. The summed E-state index contributed by atoms with van der Waals surface area (Å²) in [5.74, 6) is 0.567. The van der Waals surface area contributed by atoms with E-state index in [1.807, 2.05) is 11.9 Å². The average molecular weight is 570 g/mol. The molecule has 0 saturated carbocycles. The minimum absolute atomic E-state index is 0.0524. The lowest BCUT2D eigenvalue weighted by Crippen LogP contribution is -2.44. The average Bonchev–Trinajstić information content (AvgIpc) is 2.85. The van der Waals surface area contributed by atoms with Crippen molar-refractivity contribution in [2.45, 2.75) is 6.18 Å². The highest BCUT2D eigenvalue weighted by molar-refractivity contribution is 7.70. The third-order valence-corrected chi connectivity index (χ3v) is 7.60. The number of rotatable bonds is 8. The van der Waals surface area contributed by atoms with Crippen molar-refractivity contribution in [3.05, 3.63) is 47.6 Å². The highest BCUT2D eigenvalue weighted by atomic mass is 35.5. The number of hydrogen-bond donors (Lipinski definition) is 2. The Bertz CT molecular complexity index is 1330. The van der Waals surface area contributed by atoms with Gasteiger partial charge in [0.1, 0.15) is 23.7 Å². The summed E-state index contributed by atoms with van der Waals surface area (Å²) in [5.41, 5.74) is 0.729. The van der Waals surface area contributed by atoms with Gasteiger partial charge in [0.2, 0.25) is 11.8 Å². The molecule has 3 heterocycles. The van der Waals surface area contributed by atoms with Gasteiger partial charge in [-0.3, -0.25) is 0 Å². The number of benzene rings is 1. The van der Waals surface area contributed by atoms with Gasteiger partial charge in [-0.15, -0.1) is 0 Å². The first-order valence-corrected chi connectivity index (χ1v) is 14.7. The third-order valence-electron chi connectivity index (χ3n) is 5.77. The summed E-state index contributed by atoms with van der Waals surface area (Å²) in [6, 6.07) is 10.4. The molecule has 1 aliphatic heterocycles. The lowest BCUT2D eigenvalue weighted by Gasteiger charge is -2.33. The number of para-hydroxylation sites is 1. The third kappa shape index (κ3) is 7.27. The Balaban J connectivity index is 1.61. The Morgan fingerprint density at radius 2 is 1.74 bits per heavy atom. The predicted molar refractivity (Wildman–Crippen MR) is 145 cm³/mol. The lowest BCUT2D eigenvalue weighted by atomic mass is 10.3. The Morgan fingerprint density at radius 3 is 2.42 bits per heavy atom. The first kappa shape index (κ1) is 27.9. The van der Waals surface area contributed by atoms with Gasteiger partial charge in [-0.1, -0.05) is 23.7 Å². The molecular formula is C24H28ClF3N7O2P. The normalized spacial score (nSPS) is 14.9. The minimum atomic E-state index is -4.54. The minimum Gasteiger partial charge on any atom is -0.466 e. The predicted octanol–water partition coefficient (Wildman–Crippen LogP) is 4.95. The van der Waals surface area contributed by atoms with E-state index in [-0.39, 0.29) is 28.4 Å². The largest absolute Gasteiger partial charge is 0.466 e. The number of piperazine rings is 1. The molecule has 0 atom stereocenters. The maximum atomic E-state index is 13.0. The number of likely N-dealkylation sites (N-methyl/N-ethyl adjacent to an activating group) is 1. The Kier molecular flexibility index (Phi) is 8.34. The molecule has 38 heavy (non-hydrogen) atoms. The van der Waals surface area contributed by atoms with Crippen LogP contribution in [0.2, 0.25) is 5.02 Å². The van der Waals surface area contributed by atoms with Gasteiger partial charge in [0.05, 0.1) is 11.9 Å². The smallest absolute Gasteiger partial charge is 0.422 e. The van der Waals surface area contributed by atoms with Crippen LogP contribution < -0.4 is 25.6 Å². The van der Waals surface area contributed by atoms with E-state index >= 15 is 0 Å². The number of pyridine rings is 1. The molecule has 0 amide bonds. The fourth-order valence-corrected chi connectivity index (χ4v) is 5.10. The molecule has 0 unspecified atom stereocenters. The molecule has 0 radical (unpaired) electrons. The molecule has 2 N–H and O–H groups in total. The Hall–Kier alpha value is -3.08. The van der Waals surface area contributed by atoms with Crippen LogP contribution in [0, 0.1) is 0 Å². The summed E-state index contributed by atoms with van der Waals surface area (Å²) in [6.07, 6.45) is -3.19. The SMILES string of the molecule is CN1CCN(c2ccc(Nc3ncc(Cl)c(Nc4ccccc4P(C)(C)=O)n3)c(OCC(F)(F)F)n2)CC1. The zero-order valence-corrected chi connectivity index (χ0v) is 22.7. The number of anilines is 5. The van der Waals surface area contributed by atoms with E-state index in [0.29, 0.717) is 29.9 Å². The van der Waals surface area contributed by atoms with Gasteiger partial charge in [0, 0.05) is 31.5 Å². The first-order valence-electron chi connectivity index (χ1n) is 11.7. The molecule has 1 aliphatic rings. The second kappa shape index (κ2) is 11.3. The van der Waals surface area contributed by atoms with Crippen LogP contribution in [0.4, 0.5) is 42.1 Å². The van der Waals surface area contributed by atoms with Crippen molar-refractivity contribution in [1.82, 2.24) is 19.9 Å². The molecule has 3 aromatic rings. The first-order chi connectivity index (χ1) is 17.9. The van der Waals surface area contributed by atoms with Gasteiger partial charge in [-0.05, 0) is 44.6 Å². The number of hydrogen-bond acceptors (Lipinski definition) is 9. The van der Waals surface area contributed by atoms with Crippen molar-refractivity contribution >= 4 is 53.0 Å². The van der Waals surface area contributed by atoms with E-state index in [1.54, 1.807) is 49.7 Å². The summed E-state index contributed by atoms with van der Waals surface area (Å²) in [6.45, 7) is 4.81. The molecule has 2 aromatic heterocycles. The molecular weight excluding hydrogens is 542 g/mol. The van der Waals surface area contributed by atoms with Crippen molar-refractivity contribution in [1.29, 1.82) is 0 Å². The zero-order chi connectivity index (χ0) is 27.5. The molecule has 1 aromatic carbocycles. The van der Waals surface area contributed by atoms with E-state index < -0.39 is 19.9 Å². The fourth-order valence-electron chi connectivity index (χ4n) is 3.81. The number of halogens is 4. The topological polar surface area (TPSA) is 95.5 Å². The van der Waals surface area contributed by atoms with E-state index in [0.717, 1.165) is 13.1 Å². The second-order valence-corrected chi connectivity index (χ2v) is 12.8. The lowest BCUT2D eigenvalue weighted by molar-refractivity contribution is -0.153. The molecule has 1 fully saturated rings. The highest BCUT2D eigenvalue weighted by Crippen LogP contribution is 2.39. The summed E-state index contributed by atoms with van der Waals surface area (Å²) >= 11 is 6.31. The van der Waals surface area contributed by atoms with Crippen molar-refractivity contribution < 1.29 is 22.5 Å². The molecule has 9 nitrogen and oxygen atoms in total. The van der Waals surface area contributed by atoms with Crippen molar-refractivity contribution in [3.63, 3.8) is 0 Å². The number of nitrogens with zero attached hydrogens (tertiary/aromatic N) is 5. The van der Waals surface area contributed by atoms with Gasteiger partial charge in [0.15, 0.2) is 12.4 Å². The van der Waals surface area contributed by atoms with E-state index in [2.05, 4.69) is 30.5 Å². The number of ether oxygens (including phenoxy) is 1. The number of nitrogens with one attached hydrogen (secondary N) is 2. The van der Waals surface area contributed by atoms with Crippen LogP contribution in [-0.4, -0.2) is 79.2 Å². The Labute approximate surface area is 223 Å².